The molecule has 4 aliphatic heterocycles. The van der Waals surface area contributed by atoms with E-state index in [9.17, 15) is 57.5 Å². The van der Waals surface area contributed by atoms with E-state index < -0.39 is 115 Å². The van der Waals surface area contributed by atoms with E-state index in [0.717, 1.165) is 33.4 Å². The maximum absolute atomic E-state index is 14.7. The molecule has 1 aromatic heterocycles. The second kappa shape index (κ2) is 59.4. The molecule has 808 valence electrons. The van der Waals surface area contributed by atoms with Crippen LogP contribution in [0, 0.1) is 59.7 Å². The third kappa shape index (κ3) is 44.8. The number of Topliss-reactive ketones (excluding diaryl/α,β-unsaturated/α-hetero) is 6. The Bertz CT molecular complexity index is 5720. The van der Waals surface area contributed by atoms with Crippen molar-refractivity contribution in [2.75, 3.05) is 98.0 Å². The summed E-state index contributed by atoms with van der Waals surface area (Å²) >= 11 is 0. The van der Waals surface area contributed by atoms with Gasteiger partial charge in [0, 0.05) is 86.8 Å². The number of epoxide rings is 2. The molecule has 6 aromatic carbocycles. The molecule has 35 nitrogen and oxygen atoms in total. The number of aromatic amines is 1. The van der Waals surface area contributed by atoms with Crippen molar-refractivity contribution in [2.45, 2.75) is 235 Å². The molecule has 0 spiro atoms. The third-order valence-corrected chi connectivity index (χ3v) is 25.5. The second-order valence-electron chi connectivity index (χ2n) is 40.9. The Kier molecular flexibility index (Phi) is 49.4. The van der Waals surface area contributed by atoms with E-state index in [1.807, 2.05) is 189 Å². The zero-order valence-corrected chi connectivity index (χ0v) is 88.7. The third-order valence-electron chi connectivity index (χ3n) is 25.5. The van der Waals surface area contributed by atoms with Crippen molar-refractivity contribution in [3.63, 3.8) is 0 Å². The minimum absolute atomic E-state index is 0. The molecule has 0 unspecified atom stereocenters. The molecule has 37 heteroatoms. The molecule has 0 saturated carbocycles. The van der Waals surface area contributed by atoms with Crippen LogP contribution in [0.4, 0.5) is 0 Å². The Labute approximate surface area is 871 Å². The van der Waals surface area contributed by atoms with Crippen LogP contribution in [0.5, 0.6) is 23.0 Å². The van der Waals surface area contributed by atoms with Crippen LogP contribution in [-0.4, -0.2) is 254 Å². The van der Waals surface area contributed by atoms with Gasteiger partial charge in [-0.3, -0.25) is 57.5 Å². The predicted molar refractivity (Wildman–Crippen MR) is 554 cm³/mol. The smallest absolute Gasteiger partial charge is 0.308 e. The van der Waals surface area contributed by atoms with Gasteiger partial charge in [-0.1, -0.05) is 190 Å². The van der Waals surface area contributed by atoms with Crippen LogP contribution < -0.4 is 40.2 Å². The maximum atomic E-state index is 14.7. The van der Waals surface area contributed by atoms with E-state index in [4.69, 9.17) is 70.3 Å². The number of morpholine rings is 2. The van der Waals surface area contributed by atoms with E-state index in [1.54, 1.807) is 38.1 Å². The fourth-order valence-electron chi connectivity index (χ4n) is 18.0. The number of aryl methyl sites for hydroxylation is 2. The zero-order chi connectivity index (χ0) is 108. The highest BCUT2D eigenvalue weighted by Crippen LogP contribution is 2.37. The number of ether oxygens (including phenoxy) is 8. The molecule has 5 N–H and O–H groups in total. The van der Waals surface area contributed by atoms with Crippen molar-refractivity contribution in [1.29, 1.82) is 0 Å². The van der Waals surface area contributed by atoms with Gasteiger partial charge in [-0.2, -0.15) is 15.4 Å². The molecule has 4 fully saturated rings. The maximum Gasteiger partial charge on any atom is 0.308 e. The number of hydrogen-bond donors (Lipinski definition) is 5. The average Bonchev–Trinajstić information content (AvgIpc) is 1.64. The quantitative estimate of drug-likeness (QED) is 0.00590. The highest BCUT2D eigenvalue weighted by atomic mass is 32.2. The van der Waals surface area contributed by atoms with Crippen LogP contribution in [-0.2, 0) is 142 Å². The number of H-pyrrole nitrogens is 1. The van der Waals surface area contributed by atoms with Gasteiger partial charge in [-0.05, 0) is 160 Å². The second-order valence-corrected chi connectivity index (χ2v) is 43.7. The number of hydrogen-bond acceptors (Lipinski definition) is 28. The molecule has 0 aliphatic carbocycles. The van der Waals surface area contributed by atoms with E-state index >= 15 is 0 Å². The number of quaternary nitrogens is 2. The molecular weight excluding hydrogens is 1940 g/mol. The van der Waals surface area contributed by atoms with Gasteiger partial charge in [-0.15, -0.1) is 6.42 Å². The van der Waals surface area contributed by atoms with Gasteiger partial charge in [0.2, 0.25) is 23.6 Å². The summed E-state index contributed by atoms with van der Waals surface area (Å²) < 4.78 is 100. The molecule has 148 heavy (non-hydrogen) atoms. The lowest BCUT2D eigenvalue weighted by Crippen LogP contribution is -2.57. The predicted octanol–water partition coefficient (Wildman–Crippen LogP) is 11.5. The molecule has 0 bridgehead atoms. The Balaban J connectivity index is 0.000000365. The van der Waals surface area contributed by atoms with Crippen LogP contribution in [0.3, 0.4) is 0 Å². The fourth-order valence-corrected chi connectivity index (χ4v) is 18.0. The first-order valence-corrected chi connectivity index (χ1v) is 53.8. The van der Waals surface area contributed by atoms with E-state index in [2.05, 4.69) is 42.6 Å². The molecule has 4 amide bonds. The van der Waals surface area contributed by atoms with Crippen molar-refractivity contribution in [3.8, 4) is 35.3 Å². The Hall–Kier alpha value is -12.0. The number of carbonyl (C=O) groups excluding carboxylic acids is 12. The van der Waals surface area contributed by atoms with Crippen molar-refractivity contribution in [3.05, 3.63) is 203 Å². The van der Waals surface area contributed by atoms with E-state index in [0.29, 0.717) is 169 Å². The highest BCUT2D eigenvalue weighted by molar-refractivity contribution is 7.85. The number of nitrogens with zero attached hydrogens (tertiary/aromatic N) is 4. The van der Waals surface area contributed by atoms with Crippen molar-refractivity contribution in [2.24, 2.45) is 47.3 Å². The zero-order valence-electron chi connectivity index (χ0n) is 87.0. The number of amides is 4. The number of aromatic nitrogens is 3. The Morgan fingerprint density at radius 3 is 1.08 bits per heavy atom. The molecular formula is C111H151N9O26S2. The standard InChI is InChI=1S/C54H70N6O10.C54H69N3O10.2CH4O3S.CH4/c1-36(2)25-46(48(63)30-43(27-40-15-11-8-12-16-40)53(66)57-47(26-37(3)4)51(64)54(6)35-69-54)56-52(65)42(19-17-39-13-9-7-10-14-39)29-45(62)33-60(21-23-67-24-22-60)32-41-18-20-49(70-38(5)61)50(28-41)68-34-44-31-55-59-58-44;1-8-25-65-50-31-42(20-22-49(50)67-39(6)58)34-57(23-26-64-27-24-57)35-45(59)32-43(21-19-40-15-11-9-12-16-40)52(62)55-46(28-37(2)3)48(60)33-44(30-41-17-13-10-14-18-41)53(63)56-47(29-38(4)5)51(61)54(7)36-66-54;2*1-5(2,3)4;/h7-16,18,20,28,31,36-37,42-43,46-47H,17,19,21-27,29-30,32-35H2,1-6H3,(H2-,55,56,57,58,59,65,66);1,9-18,20,22,31,37-38,43-44,46-47H,19,21,23-30,32-36H2,2-7H3,(H-,55,56,62,63);2*1H3,(H,2,3,4);1H4/t42-,43-,46+,47+,54-;43-,44-,46+,47+,54-;;;/m11.../s1. The van der Waals surface area contributed by atoms with Gasteiger partial charge in [-0.25, -0.2) is 16.8 Å². The van der Waals surface area contributed by atoms with E-state index in [-0.39, 0.29) is 142 Å². The van der Waals surface area contributed by atoms with Gasteiger partial charge in [0.1, 0.15) is 82.5 Å². The van der Waals surface area contributed by atoms with Gasteiger partial charge < -0.3 is 77.2 Å². The number of terminal acetylenes is 1. The monoisotopic (exact) mass is 2090 g/mol. The number of esters is 2. The summed E-state index contributed by atoms with van der Waals surface area (Å²) in [5.41, 5.74) is 4.14. The first-order chi connectivity index (χ1) is 69.5. The van der Waals surface area contributed by atoms with Crippen molar-refractivity contribution < 1.29 is 130 Å². The average molecular weight is 2090 g/mol. The first-order valence-electron chi connectivity index (χ1n) is 50.1. The van der Waals surface area contributed by atoms with Crippen molar-refractivity contribution >= 4 is 90.5 Å². The van der Waals surface area contributed by atoms with Crippen LogP contribution in [0.15, 0.2) is 164 Å². The normalized spacial score (nSPS) is 17.5. The summed E-state index contributed by atoms with van der Waals surface area (Å²) in [4.78, 5) is 167. The van der Waals surface area contributed by atoms with Gasteiger partial charge in [0.05, 0.1) is 90.2 Å². The molecule has 7 aromatic rings. The number of rotatable bonds is 55. The Morgan fingerprint density at radius 2 is 0.770 bits per heavy atom. The summed E-state index contributed by atoms with van der Waals surface area (Å²) in [6.45, 7) is 27.7. The summed E-state index contributed by atoms with van der Waals surface area (Å²) in [6.07, 6.45) is 11.6. The molecule has 4 saturated heterocycles. The van der Waals surface area contributed by atoms with Gasteiger partial charge >= 0.3 is 11.9 Å². The minimum Gasteiger partial charge on any atom is -0.748 e. The lowest BCUT2D eigenvalue weighted by atomic mass is 9.87. The minimum atomic E-state index is -3.92. The summed E-state index contributed by atoms with van der Waals surface area (Å²) in [7, 11) is -7.83. The molecule has 4 aliphatic rings. The largest absolute Gasteiger partial charge is 0.748 e. The van der Waals surface area contributed by atoms with Gasteiger partial charge in [0.25, 0.3) is 0 Å². The summed E-state index contributed by atoms with van der Waals surface area (Å²) in [5.74, 6) is -3.06. The van der Waals surface area contributed by atoms with Crippen LogP contribution in [0.2, 0.25) is 0 Å². The van der Waals surface area contributed by atoms with E-state index in [1.165, 1.54) is 20.0 Å². The SMILES string of the molecule is C.C#CCOc1cc(C[N+]2(CC(=O)C[C@@H](CCc3ccccc3)C(=O)N[C@@H](CC(C)C)C(=O)C[C@@H](Cc3ccccc3)C(=O)N[C@@H](CC(C)C)C(=O)[C@@]3(C)CO3)CCOCC2)ccc1OC(C)=O.CC(=O)Oc1ccc(C[N+]2(CC(=O)C[C@@H](CCc3ccccc3)C(=O)N[C@@H](CC(C)C)C(=O)C[C@@H](Cc3ccccc3)C(=O)N[C@@H](CC(C)C)C(=O)[C@@]3(C)CO3)CCOCC2)cc1OCc1cn[nH]n1.CS(=O)(=O)[O-].CS(=O)(=O)[O-]. The summed E-state index contributed by atoms with van der Waals surface area (Å²) in [6, 6.07) is 45.6. The van der Waals surface area contributed by atoms with Gasteiger partial charge in [0.15, 0.2) is 57.7 Å². The highest BCUT2D eigenvalue weighted by Gasteiger charge is 2.52. The number of benzene rings is 6. The lowest BCUT2D eigenvalue weighted by Gasteiger charge is -2.41. The fraction of sp³-hybridized carbons (Fsp3) is 0.532. The molecule has 10 atom stereocenters. The van der Waals surface area contributed by atoms with Crippen LogP contribution in [0.25, 0.3) is 0 Å². The molecule has 5 heterocycles. The topological polar surface area (TPSA) is 489 Å². The number of carbonyl (C=O) groups is 12. The van der Waals surface area contributed by atoms with Crippen molar-refractivity contribution in [1.82, 2.24) is 36.7 Å². The first kappa shape index (κ1) is 123. The molecule has 0 radical (unpaired) electrons. The van der Waals surface area contributed by atoms with Crippen LogP contribution in [0.1, 0.15) is 194 Å². The molecule has 11 rings (SSSR count). The Morgan fingerprint density at radius 1 is 0.453 bits per heavy atom. The summed E-state index contributed by atoms with van der Waals surface area (Å²) in [5, 5.41) is 22.6. The number of ketones is 6. The lowest BCUT2D eigenvalue weighted by molar-refractivity contribution is -0.940. The number of nitrogens with one attached hydrogen (secondary N) is 5. The van der Waals surface area contributed by atoms with Crippen LogP contribution >= 0.6 is 0 Å².